The van der Waals surface area contributed by atoms with Crippen LogP contribution in [0.25, 0.3) is 0 Å². The Morgan fingerprint density at radius 1 is 1.40 bits per heavy atom. The van der Waals surface area contributed by atoms with Crippen molar-refractivity contribution in [2.45, 2.75) is 12.1 Å². The zero-order chi connectivity index (χ0) is 7.56. The Hall–Kier alpha value is -0.120. The lowest BCUT2D eigenvalue weighted by Gasteiger charge is -2.23. The maximum Gasteiger partial charge on any atom is 0.0638 e. The average molecular weight is 144 g/mol. The van der Waals surface area contributed by atoms with E-state index >= 15 is 0 Å². The van der Waals surface area contributed by atoms with Crippen molar-refractivity contribution in [3.8, 4) is 0 Å². The molecule has 0 aromatic carbocycles. The summed E-state index contributed by atoms with van der Waals surface area (Å²) in [6.45, 7) is 1.71. The number of likely N-dealkylation sites (N-methyl/N-ethyl adjacent to an activating group) is 2. The molecule has 0 amide bonds. The lowest BCUT2D eigenvalue weighted by molar-refractivity contribution is 0.170. The molecular weight excluding hydrogens is 128 g/mol. The second kappa shape index (κ2) is 3.32. The Labute approximate surface area is 62.3 Å². The largest absolute Gasteiger partial charge is 0.378 e. The van der Waals surface area contributed by atoms with Crippen molar-refractivity contribution in [3.05, 3.63) is 0 Å². The summed E-state index contributed by atoms with van der Waals surface area (Å²) in [7, 11) is 6.16. The number of nitrogens with one attached hydrogen (secondary N) is 1. The third-order valence-electron chi connectivity index (χ3n) is 2.08. The molecule has 1 aliphatic heterocycles. The van der Waals surface area contributed by atoms with E-state index in [0.717, 1.165) is 13.2 Å². The minimum absolute atomic E-state index is 0.509. The summed E-state index contributed by atoms with van der Waals surface area (Å²) in [4.78, 5) is 2.20. The van der Waals surface area contributed by atoms with Crippen molar-refractivity contribution >= 4 is 0 Å². The third-order valence-corrected chi connectivity index (χ3v) is 2.08. The van der Waals surface area contributed by atoms with Crippen LogP contribution in [0.3, 0.4) is 0 Å². The van der Waals surface area contributed by atoms with E-state index in [1.165, 1.54) is 0 Å². The molecule has 3 nitrogen and oxygen atoms in total. The Balaban J connectivity index is 2.42. The Bertz CT molecular complexity index is 106. The lowest BCUT2D eigenvalue weighted by atomic mass is 10.1. The van der Waals surface area contributed by atoms with Gasteiger partial charge in [0, 0.05) is 12.1 Å². The lowest BCUT2D eigenvalue weighted by Crippen LogP contribution is -2.44. The molecular formula is C7H16N2O. The highest BCUT2D eigenvalue weighted by molar-refractivity contribution is 4.85. The molecule has 0 saturated carbocycles. The summed E-state index contributed by atoms with van der Waals surface area (Å²) in [5.41, 5.74) is 0. The van der Waals surface area contributed by atoms with Crippen LogP contribution in [0.15, 0.2) is 0 Å². The van der Waals surface area contributed by atoms with Crippen LogP contribution < -0.4 is 5.32 Å². The van der Waals surface area contributed by atoms with Gasteiger partial charge in [0.25, 0.3) is 0 Å². The molecule has 10 heavy (non-hydrogen) atoms. The van der Waals surface area contributed by atoms with Gasteiger partial charge in [-0.05, 0) is 21.1 Å². The summed E-state index contributed by atoms with van der Waals surface area (Å²) in [5, 5.41) is 3.23. The van der Waals surface area contributed by atoms with Crippen LogP contribution >= 0.6 is 0 Å². The maximum atomic E-state index is 5.32. The molecule has 0 unspecified atom stereocenters. The maximum absolute atomic E-state index is 5.32. The van der Waals surface area contributed by atoms with Crippen LogP contribution in [0.5, 0.6) is 0 Å². The van der Waals surface area contributed by atoms with Gasteiger partial charge in [-0.1, -0.05) is 0 Å². The highest BCUT2D eigenvalue weighted by Gasteiger charge is 2.27. The topological polar surface area (TPSA) is 24.5 Å². The Morgan fingerprint density at radius 2 is 2.10 bits per heavy atom. The molecule has 1 rings (SSSR count). The number of hydrogen-bond donors (Lipinski definition) is 1. The standard InChI is InChI=1S/C7H16N2O/c1-8-6-4-10-5-7(6)9(2)3/h6-8H,4-5H2,1-3H3/t6-,7+/m1/s1. The monoisotopic (exact) mass is 144 g/mol. The Kier molecular flexibility index (Phi) is 2.65. The van der Waals surface area contributed by atoms with Gasteiger partial charge in [0.2, 0.25) is 0 Å². The predicted molar refractivity (Wildman–Crippen MR) is 41.1 cm³/mol. The second-order valence-corrected chi connectivity index (χ2v) is 2.96. The first kappa shape index (κ1) is 7.98. The molecule has 3 heteroatoms. The van der Waals surface area contributed by atoms with E-state index in [1.807, 2.05) is 7.05 Å². The van der Waals surface area contributed by atoms with E-state index in [1.54, 1.807) is 0 Å². The van der Waals surface area contributed by atoms with Gasteiger partial charge in [0.1, 0.15) is 0 Å². The van der Waals surface area contributed by atoms with Gasteiger partial charge in [-0.2, -0.15) is 0 Å². The van der Waals surface area contributed by atoms with Crippen LogP contribution in [0.2, 0.25) is 0 Å². The van der Waals surface area contributed by atoms with Crippen molar-refractivity contribution in [2.24, 2.45) is 0 Å². The molecule has 1 saturated heterocycles. The van der Waals surface area contributed by atoms with Crippen LogP contribution in [-0.2, 0) is 4.74 Å². The fourth-order valence-corrected chi connectivity index (χ4v) is 1.33. The molecule has 1 aliphatic rings. The van der Waals surface area contributed by atoms with Crippen LogP contribution in [0.1, 0.15) is 0 Å². The van der Waals surface area contributed by atoms with Crippen molar-refractivity contribution in [2.75, 3.05) is 34.4 Å². The van der Waals surface area contributed by atoms with Crippen LogP contribution in [-0.4, -0.2) is 51.3 Å². The van der Waals surface area contributed by atoms with Crippen LogP contribution in [0, 0.1) is 0 Å². The highest BCUT2D eigenvalue weighted by Crippen LogP contribution is 2.09. The fourth-order valence-electron chi connectivity index (χ4n) is 1.33. The third kappa shape index (κ3) is 1.48. The Morgan fingerprint density at radius 3 is 2.50 bits per heavy atom. The van der Waals surface area contributed by atoms with E-state index in [2.05, 4.69) is 24.3 Å². The summed E-state index contributed by atoms with van der Waals surface area (Å²) in [6, 6.07) is 1.06. The van der Waals surface area contributed by atoms with Gasteiger partial charge >= 0.3 is 0 Å². The van der Waals surface area contributed by atoms with Gasteiger partial charge in [-0.15, -0.1) is 0 Å². The molecule has 2 atom stereocenters. The zero-order valence-corrected chi connectivity index (χ0v) is 6.92. The van der Waals surface area contributed by atoms with Crippen LogP contribution in [0.4, 0.5) is 0 Å². The summed E-state index contributed by atoms with van der Waals surface area (Å²) in [6.07, 6.45) is 0. The number of rotatable bonds is 2. The van der Waals surface area contributed by atoms with E-state index in [4.69, 9.17) is 4.74 Å². The van der Waals surface area contributed by atoms with Crippen molar-refractivity contribution < 1.29 is 4.74 Å². The van der Waals surface area contributed by atoms with E-state index < -0.39 is 0 Å². The minimum atomic E-state index is 0.509. The van der Waals surface area contributed by atoms with E-state index in [9.17, 15) is 0 Å². The van der Waals surface area contributed by atoms with Gasteiger partial charge < -0.3 is 15.0 Å². The molecule has 1 N–H and O–H groups in total. The fraction of sp³-hybridized carbons (Fsp3) is 1.00. The molecule has 0 bridgehead atoms. The van der Waals surface area contributed by atoms with Gasteiger partial charge in [-0.25, -0.2) is 0 Å². The summed E-state index contributed by atoms with van der Waals surface area (Å²) < 4.78 is 5.32. The van der Waals surface area contributed by atoms with Crippen molar-refractivity contribution in [1.29, 1.82) is 0 Å². The van der Waals surface area contributed by atoms with Gasteiger partial charge in [0.15, 0.2) is 0 Å². The van der Waals surface area contributed by atoms with Gasteiger partial charge in [0.05, 0.1) is 13.2 Å². The van der Waals surface area contributed by atoms with Crippen molar-refractivity contribution in [3.63, 3.8) is 0 Å². The first-order valence-corrected chi connectivity index (χ1v) is 3.67. The van der Waals surface area contributed by atoms with E-state index in [-0.39, 0.29) is 0 Å². The molecule has 1 fully saturated rings. The van der Waals surface area contributed by atoms with E-state index in [0.29, 0.717) is 12.1 Å². The minimum Gasteiger partial charge on any atom is -0.378 e. The predicted octanol–water partition coefficient (Wildman–Crippen LogP) is -0.465. The van der Waals surface area contributed by atoms with Gasteiger partial charge in [-0.3, -0.25) is 0 Å². The molecule has 0 aromatic rings. The first-order chi connectivity index (χ1) is 4.75. The highest BCUT2D eigenvalue weighted by atomic mass is 16.5. The molecule has 0 aliphatic carbocycles. The second-order valence-electron chi connectivity index (χ2n) is 2.96. The SMILES string of the molecule is CN[C@@H]1COC[C@@H]1N(C)C. The summed E-state index contributed by atoms with van der Waals surface area (Å²) in [5.74, 6) is 0. The number of hydrogen-bond acceptors (Lipinski definition) is 3. The summed E-state index contributed by atoms with van der Waals surface area (Å²) >= 11 is 0. The molecule has 60 valence electrons. The van der Waals surface area contributed by atoms with Crippen molar-refractivity contribution in [1.82, 2.24) is 10.2 Å². The molecule has 0 radical (unpaired) electrons. The molecule has 0 aromatic heterocycles. The molecule has 0 spiro atoms. The smallest absolute Gasteiger partial charge is 0.0638 e. The quantitative estimate of drug-likeness (QED) is 0.567. The number of ether oxygens (including phenoxy) is 1. The normalized spacial score (nSPS) is 33.6. The molecule has 1 heterocycles. The average Bonchev–Trinajstić information content (AvgIpc) is 2.33. The first-order valence-electron chi connectivity index (χ1n) is 3.67. The number of nitrogens with zero attached hydrogens (tertiary/aromatic N) is 1. The zero-order valence-electron chi connectivity index (χ0n) is 6.92.